The number of fused-ring (bicyclic) bond motifs is 1. The molecule has 7 nitrogen and oxygen atoms in total. The number of carbonyl (C=O) groups is 2. The lowest BCUT2D eigenvalue weighted by atomic mass is 10.1. The molecule has 1 atom stereocenters. The van der Waals surface area contributed by atoms with Crippen LogP contribution in [0, 0.1) is 0 Å². The molecule has 0 fully saturated rings. The normalized spacial score (nSPS) is 11.8. The highest BCUT2D eigenvalue weighted by molar-refractivity contribution is 5.87. The predicted octanol–water partition coefficient (Wildman–Crippen LogP) is 1.13. The monoisotopic (exact) mass is 350 g/mol. The molecule has 1 aromatic heterocycles. The standard InChI is InChI=1S/C19H18N4O3/c20-19(26)18(13-6-2-1-3-7-13)22-17(25)10-11-23-15-9-5-4-8-14(15)16(24)12-21-23/h1-9,12,18H,10-11H2,(H2,20,26)(H,22,25). The summed E-state index contributed by atoms with van der Waals surface area (Å²) in [4.78, 5) is 35.8. The molecule has 26 heavy (non-hydrogen) atoms. The van der Waals surface area contributed by atoms with Gasteiger partial charge in [0.1, 0.15) is 6.04 Å². The Morgan fingerprint density at radius 2 is 1.77 bits per heavy atom. The second-order valence-electron chi connectivity index (χ2n) is 5.81. The van der Waals surface area contributed by atoms with Crippen LogP contribution < -0.4 is 16.5 Å². The zero-order chi connectivity index (χ0) is 18.5. The van der Waals surface area contributed by atoms with Gasteiger partial charge in [-0.05, 0) is 17.7 Å². The lowest BCUT2D eigenvalue weighted by Gasteiger charge is -2.16. The van der Waals surface area contributed by atoms with E-state index in [0.717, 1.165) is 0 Å². The Bertz CT molecular complexity index is 998. The Labute approximate surface area is 149 Å². The van der Waals surface area contributed by atoms with Gasteiger partial charge >= 0.3 is 0 Å². The van der Waals surface area contributed by atoms with Crippen molar-refractivity contribution < 1.29 is 9.59 Å². The number of amides is 2. The summed E-state index contributed by atoms with van der Waals surface area (Å²) in [6.07, 6.45) is 1.33. The molecule has 0 aliphatic heterocycles. The van der Waals surface area contributed by atoms with Gasteiger partial charge in [0.25, 0.3) is 0 Å². The van der Waals surface area contributed by atoms with Crippen molar-refractivity contribution in [1.82, 2.24) is 15.1 Å². The van der Waals surface area contributed by atoms with Crippen LogP contribution in [-0.2, 0) is 16.1 Å². The lowest BCUT2D eigenvalue weighted by Crippen LogP contribution is -2.37. The van der Waals surface area contributed by atoms with Crippen molar-refractivity contribution in [1.29, 1.82) is 0 Å². The van der Waals surface area contributed by atoms with Gasteiger partial charge < -0.3 is 11.1 Å². The maximum atomic E-state index is 12.3. The molecule has 132 valence electrons. The Morgan fingerprint density at radius 3 is 2.50 bits per heavy atom. The molecule has 0 bridgehead atoms. The predicted molar refractivity (Wildman–Crippen MR) is 97.1 cm³/mol. The molecular weight excluding hydrogens is 332 g/mol. The number of benzene rings is 2. The minimum atomic E-state index is -0.887. The summed E-state index contributed by atoms with van der Waals surface area (Å²) in [7, 11) is 0. The number of hydrogen-bond donors (Lipinski definition) is 2. The molecular formula is C19H18N4O3. The quantitative estimate of drug-likeness (QED) is 0.695. The molecule has 0 spiro atoms. The smallest absolute Gasteiger partial charge is 0.244 e. The number of primary amides is 1. The van der Waals surface area contributed by atoms with Gasteiger partial charge in [0.2, 0.25) is 17.2 Å². The largest absolute Gasteiger partial charge is 0.368 e. The van der Waals surface area contributed by atoms with Gasteiger partial charge in [0.15, 0.2) is 0 Å². The van der Waals surface area contributed by atoms with Gasteiger partial charge in [-0.2, -0.15) is 5.10 Å². The zero-order valence-electron chi connectivity index (χ0n) is 14.0. The number of nitrogens with zero attached hydrogens (tertiary/aromatic N) is 2. The zero-order valence-corrected chi connectivity index (χ0v) is 14.0. The van der Waals surface area contributed by atoms with E-state index < -0.39 is 11.9 Å². The Kier molecular flexibility index (Phi) is 5.07. The van der Waals surface area contributed by atoms with Crippen LogP contribution in [0.4, 0.5) is 0 Å². The number of hydrogen-bond acceptors (Lipinski definition) is 4. The maximum Gasteiger partial charge on any atom is 0.244 e. The summed E-state index contributed by atoms with van der Waals surface area (Å²) in [5.74, 6) is -0.960. The fraction of sp³-hybridized carbons (Fsp3) is 0.158. The first-order valence-corrected chi connectivity index (χ1v) is 8.15. The summed E-state index contributed by atoms with van der Waals surface area (Å²) in [6.45, 7) is 0.271. The van der Waals surface area contributed by atoms with Crippen LogP contribution in [0.2, 0.25) is 0 Å². The van der Waals surface area contributed by atoms with E-state index in [-0.39, 0.29) is 24.3 Å². The van der Waals surface area contributed by atoms with Crippen molar-refractivity contribution in [3.63, 3.8) is 0 Å². The first kappa shape index (κ1) is 17.3. The summed E-state index contributed by atoms with van der Waals surface area (Å²) in [6, 6.07) is 15.0. The fourth-order valence-corrected chi connectivity index (χ4v) is 2.74. The van der Waals surface area contributed by atoms with Crippen LogP contribution in [0.25, 0.3) is 10.9 Å². The topological polar surface area (TPSA) is 107 Å². The third-order valence-corrected chi connectivity index (χ3v) is 4.04. The third-order valence-electron chi connectivity index (χ3n) is 4.04. The molecule has 1 unspecified atom stereocenters. The molecule has 0 saturated heterocycles. The van der Waals surface area contributed by atoms with E-state index in [1.54, 1.807) is 53.2 Å². The summed E-state index contributed by atoms with van der Waals surface area (Å²) in [5, 5.41) is 7.27. The first-order chi connectivity index (χ1) is 12.6. The highest BCUT2D eigenvalue weighted by Gasteiger charge is 2.19. The van der Waals surface area contributed by atoms with Crippen LogP contribution in [-0.4, -0.2) is 21.6 Å². The van der Waals surface area contributed by atoms with E-state index >= 15 is 0 Å². The van der Waals surface area contributed by atoms with Gasteiger partial charge in [-0.3, -0.25) is 19.1 Å². The minimum Gasteiger partial charge on any atom is -0.368 e. The summed E-state index contributed by atoms with van der Waals surface area (Å²) >= 11 is 0. The van der Waals surface area contributed by atoms with Crippen molar-refractivity contribution >= 4 is 22.7 Å². The third kappa shape index (κ3) is 3.77. The minimum absolute atomic E-state index is 0.0937. The number of aromatic nitrogens is 2. The van der Waals surface area contributed by atoms with E-state index in [0.29, 0.717) is 16.5 Å². The molecule has 0 radical (unpaired) electrons. The van der Waals surface area contributed by atoms with Gasteiger partial charge in [-0.1, -0.05) is 42.5 Å². The van der Waals surface area contributed by atoms with Gasteiger partial charge in [-0.15, -0.1) is 0 Å². The molecule has 2 amide bonds. The van der Waals surface area contributed by atoms with E-state index in [1.807, 2.05) is 6.07 Å². The molecule has 3 N–H and O–H groups in total. The average molecular weight is 350 g/mol. The molecule has 7 heteroatoms. The number of aryl methyl sites for hydroxylation is 1. The SMILES string of the molecule is NC(=O)C(NC(=O)CCn1ncc(=O)c2ccccc21)c1ccccc1. The maximum absolute atomic E-state index is 12.3. The van der Waals surface area contributed by atoms with Crippen LogP contribution in [0.5, 0.6) is 0 Å². The van der Waals surface area contributed by atoms with Gasteiger partial charge in [-0.25, -0.2) is 0 Å². The van der Waals surface area contributed by atoms with Crippen LogP contribution >= 0.6 is 0 Å². The van der Waals surface area contributed by atoms with E-state index in [9.17, 15) is 14.4 Å². The van der Waals surface area contributed by atoms with Gasteiger partial charge in [0, 0.05) is 11.8 Å². The first-order valence-electron chi connectivity index (χ1n) is 8.15. The molecule has 0 aliphatic carbocycles. The molecule has 3 aromatic rings. The number of rotatable bonds is 6. The van der Waals surface area contributed by atoms with Crippen molar-refractivity contribution in [2.45, 2.75) is 19.0 Å². The van der Waals surface area contributed by atoms with Crippen molar-refractivity contribution in [3.05, 3.63) is 76.6 Å². The Balaban J connectivity index is 1.72. The highest BCUT2D eigenvalue weighted by atomic mass is 16.2. The molecule has 0 saturated carbocycles. The summed E-state index contributed by atoms with van der Waals surface area (Å²) < 4.78 is 1.60. The second-order valence-corrected chi connectivity index (χ2v) is 5.81. The van der Waals surface area contributed by atoms with Crippen LogP contribution in [0.3, 0.4) is 0 Å². The fourth-order valence-electron chi connectivity index (χ4n) is 2.74. The molecule has 0 aliphatic rings. The molecule has 2 aromatic carbocycles. The van der Waals surface area contributed by atoms with Crippen molar-refractivity contribution in [2.75, 3.05) is 0 Å². The number of para-hydroxylation sites is 1. The highest BCUT2D eigenvalue weighted by Crippen LogP contribution is 2.13. The number of nitrogens with one attached hydrogen (secondary N) is 1. The lowest BCUT2D eigenvalue weighted by molar-refractivity contribution is -0.127. The number of carbonyl (C=O) groups excluding carboxylic acids is 2. The Morgan fingerprint density at radius 1 is 1.08 bits per heavy atom. The van der Waals surface area contributed by atoms with Crippen molar-refractivity contribution in [2.24, 2.45) is 5.73 Å². The average Bonchev–Trinajstić information content (AvgIpc) is 2.66. The van der Waals surface area contributed by atoms with E-state index in [4.69, 9.17) is 5.73 Å². The molecule has 1 heterocycles. The van der Waals surface area contributed by atoms with Crippen molar-refractivity contribution in [3.8, 4) is 0 Å². The molecule has 3 rings (SSSR count). The second kappa shape index (κ2) is 7.60. The van der Waals surface area contributed by atoms with E-state index in [2.05, 4.69) is 10.4 Å². The Hall–Kier alpha value is -3.48. The summed E-state index contributed by atoms with van der Waals surface area (Å²) in [5.41, 5.74) is 6.52. The van der Waals surface area contributed by atoms with Crippen LogP contribution in [0.1, 0.15) is 18.0 Å². The number of nitrogens with two attached hydrogens (primary N) is 1. The van der Waals surface area contributed by atoms with Crippen LogP contribution in [0.15, 0.2) is 65.6 Å². The van der Waals surface area contributed by atoms with Gasteiger partial charge in [0.05, 0.1) is 18.3 Å². The van der Waals surface area contributed by atoms with E-state index in [1.165, 1.54) is 6.20 Å².